The summed E-state index contributed by atoms with van der Waals surface area (Å²) in [4.78, 5) is 18.4. The molecule has 0 aliphatic carbocycles. The predicted octanol–water partition coefficient (Wildman–Crippen LogP) is 8.36. The van der Waals surface area contributed by atoms with Gasteiger partial charge in [-0.1, -0.05) is 66.9 Å². The number of rotatable bonds is 11. The van der Waals surface area contributed by atoms with Crippen LogP contribution in [-0.4, -0.2) is 56.1 Å². The molecular weight excluding hydrogens is 579 g/mol. The molecule has 1 saturated heterocycles. The van der Waals surface area contributed by atoms with E-state index in [2.05, 4.69) is 58.5 Å². The van der Waals surface area contributed by atoms with Crippen LogP contribution in [0.5, 0.6) is 0 Å². The number of aromatic nitrogens is 4. The largest absolute Gasteiger partial charge is 0.372 e. The maximum Gasteiger partial charge on any atom is 0.260 e. The van der Waals surface area contributed by atoms with Crippen molar-refractivity contribution in [1.29, 1.82) is 0 Å². The Balaban J connectivity index is 1.36. The van der Waals surface area contributed by atoms with Gasteiger partial charge in [0, 0.05) is 36.4 Å². The number of nitrogens with zero attached hydrogens (tertiary/aromatic N) is 6. The molecule has 234 valence electrons. The first-order valence-corrected chi connectivity index (χ1v) is 16.0. The number of unbranched alkanes of at least 4 members (excludes halogenated alkanes) is 2. The number of piperidine rings is 1. The average Bonchev–Trinajstić information content (AvgIpc) is 3.64. The number of hydrogen-bond acceptors (Lipinski definition) is 6. The zero-order valence-electron chi connectivity index (χ0n) is 26.3. The number of likely N-dealkylation sites (tertiary alicyclic amines) is 1. The summed E-state index contributed by atoms with van der Waals surface area (Å²) >= 11 is 6.34. The van der Waals surface area contributed by atoms with Crippen LogP contribution in [0.25, 0.3) is 22.5 Å². The minimum absolute atomic E-state index is 0.0616. The monoisotopic (exact) mass is 620 g/mol. The van der Waals surface area contributed by atoms with Gasteiger partial charge in [-0.05, 0) is 70.7 Å². The Morgan fingerprint density at radius 1 is 1.11 bits per heavy atom. The molecule has 1 fully saturated rings. The number of halogens is 2. The quantitative estimate of drug-likeness (QED) is 0.168. The number of carbonyl (C=O) groups excluding carboxylic acids is 1. The molecule has 1 aliphatic heterocycles. The van der Waals surface area contributed by atoms with Crippen LogP contribution in [0.2, 0.25) is 5.02 Å². The van der Waals surface area contributed by atoms with Gasteiger partial charge in [0.05, 0.1) is 22.8 Å². The van der Waals surface area contributed by atoms with E-state index in [-0.39, 0.29) is 33.8 Å². The Kier molecular flexibility index (Phi) is 9.73. The number of carbonyl (C=O) groups is 1. The van der Waals surface area contributed by atoms with Crippen molar-refractivity contribution in [1.82, 2.24) is 25.1 Å². The van der Waals surface area contributed by atoms with Gasteiger partial charge >= 0.3 is 0 Å². The highest BCUT2D eigenvalue weighted by Crippen LogP contribution is 2.38. The van der Waals surface area contributed by atoms with Crippen molar-refractivity contribution in [2.45, 2.75) is 84.7 Å². The molecule has 2 aromatic carbocycles. The van der Waals surface area contributed by atoms with E-state index in [4.69, 9.17) is 16.1 Å². The van der Waals surface area contributed by atoms with Gasteiger partial charge in [0.2, 0.25) is 0 Å². The first-order valence-electron chi connectivity index (χ1n) is 15.6. The van der Waals surface area contributed by atoms with Crippen molar-refractivity contribution < 1.29 is 13.7 Å². The van der Waals surface area contributed by atoms with Gasteiger partial charge in [0.25, 0.3) is 5.91 Å². The van der Waals surface area contributed by atoms with Gasteiger partial charge in [-0.3, -0.25) is 4.79 Å². The second kappa shape index (κ2) is 13.5. The molecule has 5 rings (SSSR count). The fourth-order valence-corrected chi connectivity index (χ4v) is 6.18. The molecule has 1 unspecified atom stereocenters. The van der Waals surface area contributed by atoms with Crippen LogP contribution < -0.4 is 4.90 Å². The van der Waals surface area contributed by atoms with Crippen LogP contribution >= 0.6 is 11.6 Å². The zero-order chi connectivity index (χ0) is 31.4. The smallest absolute Gasteiger partial charge is 0.260 e. The lowest BCUT2D eigenvalue weighted by molar-refractivity contribution is 0.0308. The third-order valence-corrected chi connectivity index (χ3v) is 9.03. The molecule has 2 aromatic heterocycles. The van der Waals surface area contributed by atoms with E-state index in [9.17, 15) is 9.18 Å². The molecule has 0 spiro atoms. The summed E-state index contributed by atoms with van der Waals surface area (Å²) in [5.41, 5.74) is 2.97. The fraction of sp³-hybridized carbons (Fsp3) is 0.471. The van der Waals surface area contributed by atoms with E-state index >= 15 is 0 Å². The highest BCUT2D eigenvalue weighted by atomic mass is 35.5. The summed E-state index contributed by atoms with van der Waals surface area (Å²) in [7, 11) is 0. The molecule has 3 heterocycles. The Labute approximate surface area is 264 Å². The SMILES string of the molecule is CCCCN(CCCC)c1ccc(-c2cn(C3CCC(C)(C)N(C(=O)c4c(-c5c(F)cccc5Cl)noc4C)C3)nn2)cc1. The normalized spacial score (nSPS) is 16.3. The number of amides is 1. The number of anilines is 1. The predicted molar refractivity (Wildman–Crippen MR) is 173 cm³/mol. The summed E-state index contributed by atoms with van der Waals surface area (Å²) in [6.07, 6.45) is 8.23. The summed E-state index contributed by atoms with van der Waals surface area (Å²) in [5.74, 6) is -0.524. The highest BCUT2D eigenvalue weighted by Gasteiger charge is 2.41. The second-order valence-electron chi connectivity index (χ2n) is 12.3. The van der Waals surface area contributed by atoms with Crippen molar-refractivity contribution in [3.63, 3.8) is 0 Å². The molecular formula is C34H42ClFN6O2. The van der Waals surface area contributed by atoms with E-state index in [1.165, 1.54) is 43.5 Å². The van der Waals surface area contributed by atoms with Crippen LogP contribution in [0.15, 0.2) is 53.2 Å². The van der Waals surface area contributed by atoms with Crippen LogP contribution in [0.1, 0.15) is 88.4 Å². The molecule has 10 heteroatoms. The zero-order valence-corrected chi connectivity index (χ0v) is 27.1. The van der Waals surface area contributed by atoms with E-state index < -0.39 is 11.4 Å². The van der Waals surface area contributed by atoms with Crippen LogP contribution in [-0.2, 0) is 0 Å². The minimum atomic E-state index is -0.562. The summed E-state index contributed by atoms with van der Waals surface area (Å²) < 4.78 is 22.1. The van der Waals surface area contributed by atoms with Gasteiger partial charge < -0.3 is 14.3 Å². The number of benzene rings is 2. The molecule has 1 amide bonds. The van der Waals surface area contributed by atoms with Gasteiger partial charge in [0.1, 0.15) is 28.5 Å². The van der Waals surface area contributed by atoms with Crippen molar-refractivity contribution in [2.24, 2.45) is 0 Å². The third-order valence-electron chi connectivity index (χ3n) is 8.71. The van der Waals surface area contributed by atoms with Gasteiger partial charge in [0.15, 0.2) is 0 Å². The van der Waals surface area contributed by atoms with E-state index in [1.54, 1.807) is 13.0 Å². The summed E-state index contributed by atoms with van der Waals surface area (Å²) in [6, 6.07) is 12.9. The van der Waals surface area contributed by atoms with Gasteiger partial charge in [-0.2, -0.15) is 0 Å². The lowest BCUT2D eigenvalue weighted by atomic mass is 9.87. The molecule has 0 N–H and O–H groups in total. The van der Waals surface area contributed by atoms with Crippen LogP contribution in [0.3, 0.4) is 0 Å². The lowest BCUT2D eigenvalue weighted by Crippen LogP contribution is -2.53. The first-order chi connectivity index (χ1) is 21.1. The fourth-order valence-electron chi connectivity index (χ4n) is 5.93. The van der Waals surface area contributed by atoms with E-state index in [0.29, 0.717) is 12.3 Å². The average molecular weight is 621 g/mol. The van der Waals surface area contributed by atoms with Crippen LogP contribution in [0.4, 0.5) is 10.1 Å². The summed E-state index contributed by atoms with van der Waals surface area (Å²) in [5, 5.41) is 13.2. The first kappa shape index (κ1) is 31.7. The van der Waals surface area contributed by atoms with Gasteiger partial charge in [-0.15, -0.1) is 5.10 Å². The van der Waals surface area contributed by atoms with Crippen LogP contribution in [0, 0.1) is 12.7 Å². The Bertz CT molecular complexity index is 1550. The molecule has 0 saturated carbocycles. The standard InChI is InChI=1S/C34H42ClFN6O2/c1-6-8-19-40(20-9-7-2)25-15-13-24(14-16-25)29-22-42(39-37-29)26-17-18-34(4,5)41(21-26)33(43)30-23(3)44-38-32(30)31-27(35)11-10-12-28(31)36/h10-16,22,26H,6-9,17-21H2,1-5H3. The van der Waals surface area contributed by atoms with Gasteiger partial charge in [-0.25, -0.2) is 9.07 Å². The highest BCUT2D eigenvalue weighted by molar-refractivity contribution is 6.33. The van der Waals surface area contributed by atoms with E-state index in [1.807, 2.05) is 29.6 Å². The molecule has 4 aromatic rings. The number of hydrogen-bond donors (Lipinski definition) is 0. The van der Waals surface area contributed by atoms with Crippen molar-refractivity contribution in [3.8, 4) is 22.5 Å². The van der Waals surface area contributed by atoms with Crippen molar-refractivity contribution in [3.05, 3.63) is 70.8 Å². The number of aryl methyl sites for hydroxylation is 1. The minimum Gasteiger partial charge on any atom is -0.372 e. The Morgan fingerprint density at radius 2 is 1.82 bits per heavy atom. The topological polar surface area (TPSA) is 80.3 Å². The Hall–Kier alpha value is -3.72. The van der Waals surface area contributed by atoms with Crippen molar-refractivity contribution >= 4 is 23.2 Å². The van der Waals surface area contributed by atoms with E-state index in [0.717, 1.165) is 37.2 Å². The molecule has 1 atom stereocenters. The second-order valence-corrected chi connectivity index (χ2v) is 12.7. The molecule has 44 heavy (non-hydrogen) atoms. The molecule has 0 bridgehead atoms. The summed E-state index contributed by atoms with van der Waals surface area (Å²) in [6.45, 7) is 12.7. The van der Waals surface area contributed by atoms with Crippen molar-refractivity contribution in [2.75, 3.05) is 24.5 Å². The maximum atomic E-state index is 14.9. The Morgan fingerprint density at radius 3 is 2.48 bits per heavy atom. The lowest BCUT2D eigenvalue weighted by Gasteiger charge is -2.45. The maximum absolute atomic E-state index is 14.9. The molecule has 1 aliphatic rings. The molecule has 0 radical (unpaired) electrons. The molecule has 8 nitrogen and oxygen atoms in total. The third kappa shape index (κ3) is 6.53.